The van der Waals surface area contributed by atoms with Gasteiger partial charge in [-0.2, -0.15) is 0 Å². The van der Waals surface area contributed by atoms with Gasteiger partial charge in [0.25, 0.3) is 0 Å². The number of hydrogen-bond acceptors (Lipinski definition) is 4. The fourth-order valence-corrected chi connectivity index (χ4v) is 2.07. The summed E-state index contributed by atoms with van der Waals surface area (Å²) in [5, 5.41) is 3.53. The third-order valence-corrected chi connectivity index (χ3v) is 3.05. The van der Waals surface area contributed by atoms with Crippen LogP contribution >= 0.6 is 0 Å². The van der Waals surface area contributed by atoms with Gasteiger partial charge in [0.05, 0.1) is 6.61 Å². The van der Waals surface area contributed by atoms with Crippen LogP contribution in [0.15, 0.2) is 0 Å². The molecule has 0 aliphatic carbocycles. The molecule has 0 saturated heterocycles. The fourth-order valence-electron chi connectivity index (χ4n) is 2.07. The van der Waals surface area contributed by atoms with Crippen LogP contribution in [0.3, 0.4) is 0 Å². The van der Waals surface area contributed by atoms with Crippen LogP contribution in [0.4, 0.5) is 0 Å². The van der Waals surface area contributed by atoms with Crippen molar-refractivity contribution >= 4 is 0 Å². The molecule has 0 saturated carbocycles. The van der Waals surface area contributed by atoms with Crippen molar-refractivity contribution in [2.24, 2.45) is 11.8 Å². The molecule has 0 amide bonds. The van der Waals surface area contributed by atoms with Crippen LogP contribution in [0.5, 0.6) is 0 Å². The van der Waals surface area contributed by atoms with Gasteiger partial charge in [0, 0.05) is 40.5 Å². The molecule has 19 heavy (non-hydrogen) atoms. The second-order valence-corrected chi connectivity index (χ2v) is 5.80. The lowest BCUT2D eigenvalue weighted by Gasteiger charge is -2.25. The van der Waals surface area contributed by atoms with E-state index >= 15 is 0 Å². The minimum Gasteiger partial charge on any atom is -0.385 e. The van der Waals surface area contributed by atoms with E-state index in [-0.39, 0.29) is 0 Å². The summed E-state index contributed by atoms with van der Waals surface area (Å²) in [5.41, 5.74) is 0. The monoisotopic (exact) mass is 274 g/mol. The van der Waals surface area contributed by atoms with Crippen molar-refractivity contribution in [3.63, 3.8) is 0 Å². The molecule has 1 N–H and O–H groups in total. The first-order chi connectivity index (χ1) is 9.10. The summed E-state index contributed by atoms with van der Waals surface area (Å²) >= 11 is 0. The predicted octanol–water partition coefficient (Wildman–Crippen LogP) is 1.85. The molecule has 0 aromatic heterocycles. The molecule has 0 radical (unpaired) electrons. The van der Waals surface area contributed by atoms with Crippen LogP contribution in [0, 0.1) is 11.8 Å². The summed E-state index contributed by atoms with van der Waals surface area (Å²) in [6.07, 6.45) is 1.09. The first-order valence-corrected chi connectivity index (χ1v) is 7.51. The van der Waals surface area contributed by atoms with Gasteiger partial charge in [-0.3, -0.25) is 0 Å². The van der Waals surface area contributed by atoms with Gasteiger partial charge >= 0.3 is 0 Å². The molecule has 0 bridgehead atoms. The van der Waals surface area contributed by atoms with E-state index in [1.165, 1.54) is 0 Å². The van der Waals surface area contributed by atoms with Gasteiger partial charge < -0.3 is 19.7 Å². The maximum Gasteiger partial charge on any atom is 0.0589 e. The van der Waals surface area contributed by atoms with Crippen LogP contribution in [0.25, 0.3) is 0 Å². The maximum atomic E-state index is 5.18. The summed E-state index contributed by atoms with van der Waals surface area (Å²) in [6.45, 7) is 13.9. The topological polar surface area (TPSA) is 33.7 Å². The molecule has 0 aromatic rings. The van der Waals surface area contributed by atoms with Crippen LogP contribution in [0.1, 0.15) is 27.2 Å². The molecule has 4 heteroatoms. The summed E-state index contributed by atoms with van der Waals surface area (Å²) in [5.74, 6) is 1.39. The molecular formula is C15H34N2O2. The highest BCUT2D eigenvalue weighted by Gasteiger charge is 2.10. The van der Waals surface area contributed by atoms with Crippen molar-refractivity contribution in [2.75, 3.05) is 60.2 Å². The normalized spacial score (nSPS) is 13.4. The molecular weight excluding hydrogens is 240 g/mol. The molecule has 0 aliphatic heterocycles. The Labute approximate surface area is 119 Å². The van der Waals surface area contributed by atoms with Crippen molar-refractivity contribution in [3.05, 3.63) is 0 Å². The molecule has 116 valence electrons. The minimum atomic E-state index is 0.665. The van der Waals surface area contributed by atoms with E-state index in [9.17, 15) is 0 Å². The van der Waals surface area contributed by atoms with Crippen molar-refractivity contribution in [1.29, 1.82) is 0 Å². The van der Waals surface area contributed by atoms with Crippen LogP contribution < -0.4 is 5.32 Å². The van der Waals surface area contributed by atoms with E-state index in [1.54, 1.807) is 14.2 Å². The van der Waals surface area contributed by atoms with Crippen LogP contribution in [0.2, 0.25) is 0 Å². The van der Waals surface area contributed by atoms with E-state index in [2.05, 4.69) is 31.0 Å². The van der Waals surface area contributed by atoms with Gasteiger partial charge in [-0.15, -0.1) is 0 Å². The average Bonchev–Trinajstić information content (AvgIpc) is 2.35. The van der Waals surface area contributed by atoms with Crippen molar-refractivity contribution in [2.45, 2.75) is 27.2 Å². The molecule has 0 spiro atoms. The highest BCUT2D eigenvalue weighted by molar-refractivity contribution is 4.66. The Balaban J connectivity index is 3.85. The molecule has 1 atom stereocenters. The third kappa shape index (κ3) is 12.6. The highest BCUT2D eigenvalue weighted by atomic mass is 16.5. The Morgan fingerprint density at radius 3 is 2.21 bits per heavy atom. The summed E-state index contributed by atoms with van der Waals surface area (Å²) in [7, 11) is 3.53. The fraction of sp³-hybridized carbons (Fsp3) is 1.00. The van der Waals surface area contributed by atoms with Crippen LogP contribution in [-0.4, -0.2) is 65.1 Å². The first-order valence-electron chi connectivity index (χ1n) is 7.51. The number of rotatable bonds is 13. The van der Waals surface area contributed by atoms with E-state index in [1.807, 2.05) is 0 Å². The van der Waals surface area contributed by atoms with Gasteiger partial charge in [0.1, 0.15) is 0 Å². The Kier molecular flexibility index (Phi) is 12.7. The lowest BCUT2D eigenvalue weighted by Crippen LogP contribution is -2.37. The van der Waals surface area contributed by atoms with Gasteiger partial charge in [-0.25, -0.2) is 0 Å². The Hall–Kier alpha value is -0.160. The summed E-state index contributed by atoms with van der Waals surface area (Å²) in [6, 6.07) is 0. The van der Waals surface area contributed by atoms with Gasteiger partial charge in [-0.1, -0.05) is 20.8 Å². The van der Waals surface area contributed by atoms with Gasteiger partial charge in [-0.05, 0) is 31.3 Å². The van der Waals surface area contributed by atoms with E-state index < -0.39 is 0 Å². The second-order valence-electron chi connectivity index (χ2n) is 5.80. The largest absolute Gasteiger partial charge is 0.385 e. The van der Waals surface area contributed by atoms with Crippen molar-refractivity contribution < 1.29 is 9.47 Å². The first kappa shape index (κ1) is 18.8. The highest BCUT2D eigenvalue weighted by Crippen LogP contribution is 2.01. The summed E-state index contributed by atoms with van der Waals surface area (Å²) < 4.78 is 10.3. The predicted molar refractivity (Wildman–Crippen MR) is 81.7 cm³/mol. The molecule has 1 unspecified atom stereocenters. The molecule has 0 heterocycles. The van der Waals surface area contributed by atoms with E-state index in [4.69, 9.17) is 9.47 Å². The van der Waals surface area contributed by atoms with E-state index in [0.717, 1.165) is 58.3 Å². The number of nitrogens with zero attached hydrogens (tertiary/aromatic N) is 1. The lowest BCUT2D eigenvalue weighted by atomic mass is 10.1. The Morgan fingerprint density at radius 1 is 0.947 bits per heavy atom. The Bertz CT molecular complexity index is 189. The van der Waals surface area contributed by atoms with Crippen molar-refractivity contribution in [3.8, 4) is 0 Å². The molecule has 0 aliphatic rings. The van der Waals surface area contributed by atoms with Gasteiger partial charge in [0.2, 0.25) is 0 Å². The number of hydrogen-bond donors (Lipinski definition) is 1. The number of nitrogens with one attached hydrogen (secondary N) is 1. The molecule has 0 rings (SSSR count). The number of methoxy groups -OCH3 is 2. The summed E-state index contributed by atoms with van der Waals surface area (Å²) in [4.78, 5) is 2.48. The SMILES string of the molecule is COCCCN(CCOC)CC(C)CNCC(C)C. The second kappa shape index (κ2) is 12.9. The average molecular weight is 274 g/mol. The van der Waals surface area contributed by atoms with E-state index in [0.29, 0.717) is 5.92 Å². The smallest absolute Gasteiger partial charge is 0.0589 e. The molecule has 0 fully saturated rings. The Morgan fingerprint density at radius 2 is 1.63 bits per heavy atom. The zero-order valence-corrected chi connectivity index (χ0v) is 13.6. The molecule has 0 aromatic carbocycles. The molecule has 4 nitrogen and oxygen atoms in total. The maximum absolute atomic E-state index is 5.18. The lowest BCUT2D eigenvalue weighted by molar-refractivity contribution is 0.124. The van der Waals surface area contributed by atoms with Crippen LogP contribution in [-0.2, 0) is 9.47 Å². The zero-order chi connectivity index (χ0) is 14.5. The third-order valence-electron chi connectivity index (χ3n) is 3.05. The number of ether oxygens (including phenoxy) is 2. The van der Waals surface area contributed by atoms with Crippen molar-refractivity contribution in [1.82, 2.24) is 10.2 Å². The minimum absolute atomic E-state index is 0.665. The quantitative estimate of drug-likeness (QED) is 0.520. The zero-order valence-electron chi connectivity index (χ0n) is 13.6. The van der Waals surface area contributed by atoms with Gasteiger partial charge in [0.15, 0.2) is 0 Å². The standard InChI is InChI=1S/C15H34N2O2/c1-14(2)11-16-12-15(3)13-17(8-10-19-5)7-6-9-18-4/h14-16H,6-13H2,1-5H3.